The van der Waals surface area contributed by atoms with Gasteiger partial charge in [-0.05, 0) is 39.3 Å². The fraction of sp³-hybridized carbons (Fsp3) is 0.562. The average molecular weight is 262 g/mol. The molecular formula is C16H26N2O. The predicted octanol–water partition coefficient (Wildman–Crippen LogP) is 2.37. The Hall–Kier alpha value is -1.35. The molecule has 3 heteroatoms. The molecule has 0 spiro atoms. The topological polar surface area (TPSA) is 41.1 Å². The third-order valence-electron chi connectivity index (χ3n) is 3.30. The van der Waals surface area contributed by atoms with E-state index in [0.717, 1.165) is 12.8 Å². The summed E-state index contributed by atoms with van der Waals surface area (Å²) in [5.74, 6) is 0.119. The van der Waals surface area contributed by atoms with Gasteiger partial charge in [-0.3, -0.25) is 4.79 Å². The Morgan fingerprint density at radius 3 is 2.47 bits per heavy atom. The lowest BCUT2D eigenvalue weighted by atomic mass is 9.94. The number of hydrogen-bond donors (Lipinski definition) is 2. The largest absolute Gasteiger partial charge is 0.351 e. The van der Waals surface area contributed by atoms with Crippen molar-refractivity contribution in [1.82, 2.24) is 10.6 Å². The lowest BCUT2D eigenvalue weighted by Gasteiger charge is -2.28. The quantitative estimate of drug-likeness (QED) is 0.792. The number of carbonyl (C=O) groups is 1. The number of benzene rings is 1. The Morgan fingerprint density at radius 2 is 1.89 bits per heavy atom. The van der Waals surface area contributed by atoms with Crippen molar-refractivity contribution >= 4 is 5.91 Å². The van der Waals surface area contributed by atoms with E-state index in [0.29, 0.717) is 6.54 Å². The molecule has 1 amide bonds. The van der Waals surface area contributed by atoms with E-state index in [2.05, 4.69) is 48.7 Å². The van der Waals surface area contributed by atoms with Crippen LogP contribution in [0.25, 0.3) is 0 Å². The highest BCUT2D eigenvalue weighted by atomic mass is 16.2. The lowest BCUT2D eigenvalue weighted by molar-refractivity contribution is -0.126. The van der Waals surface area contributed by atoms with E-state index in [-0.39, 0.29) is 17.4 Å². The van der Waals surface area contributed by atoms with Crippen molar-refractivity contribution in [2.45, 2.75) is 39.2 Å². The van der Waals surface area contributed by atoms with Crippen LogP contribution in [0.5, 0.6) is 0 Å². The van der Waals surface area contributed by atoms with E-state index in [4.69, 9.17) is 0 Å². The summed E-state index contributed by atoms with van der Waals surface area (Å²) in [5.41, 5.74) is 1.14. The number of aryl methyl sites for hydroxylation is 1. The molecule has 106 valence electrons. The smallest absolute Gasteiger partial charge is 0.224 e. The van der Waals surface area contributed by atoms with Gasteiger partial charge in [-0.1, -0.05) is 37.3 Å². The minimum absolute atomic E-state index is 0.000926. The van der Waals surface area contributed by atoms with Gasteiger partial charge in [-0.25, -0.2) is 0 Å². The van der Waals surface area contributed by atoms with E-state index in [1.54, 1.807) is 0 Å². The second-order valence-electron chi connectivity index (χ2n) is 5.82. The second kappa shape index (κ2) is 7.29. The average Bonchev–Trinajstić information content (AvgIpc) is 2.37. The van der Waals surface area contributed by atoms with Gasteiger partial charge in [0, 0.05) is 18.0 Å². The molecule has 0 saturated heterocycles. The minimum Gasteiger partial charge on any atom is -0.351 e. The number of carbonyl (C=O) groups excluding carboxylic acids is 1. The molecule has 1 aromatic carbocycles. The maximum Gasteiger partial charge on any atom is 0.224 e. The van der Waals surface area contributed by atoms with E-state index < -0.39 is 0 Å². The summed E-state index contributed by atoms with van der Waals surface area (Å²) in [7, 11) is 1.87. The Morgan fingerprint density at radius 1 is 1.26 bits per heavy atom. The number of rotatable bonds is 7. The Labute approximate surface area is 116 Å². The Bertz CT molecular complexity index is 387. The first kappa shape index (κ1) is 15.7. The third kappa shape index (κ3) is 5.88. The number of nitrogens with one attached hydrogen (secondary N) is 2. The van der Waals surface area contributed by atoms with Gasteiger partial charge in [0.2, 0.25) is 5.91 Å². The molecule has 1 rings (SSSR count). The zero-order valence-corrected chi connectivity index (χ0v) is 12.5. The van der Waals surface area contributed by atoms with Gasteiger partial charge in [-0.15, -0.1) is 0 Å². The number of amides is 1. The maximum atomic E-state index is 12.0. The fourth-order valence-electron chi connectivity index (χ4n) is 2.02. The SMILES string of the molecule is CNCC(C)C(=O)NC(C)(C)CCc1ccccc1. The molecule has 0 aliphatic carbocycles. The Kier molecular flexibility index (Phi) is 6.03. The molecule has 0 bridgehead atoms. The van der Waals surface area contributed by atoms with Crippen LogP contribution in [0.4, 0.5) is 0 Å². The molecule has 1 atom stereocenters. The van der Waals surface area contributed by atoms with Crippen molar-refractivity contribution in [3.05, 3.63) is 35.9 Å². The van der Waals surface area contributed by atoms with Gasteiger partial charge in [0.25, 0.3) is 0 Å². The van der Waals surface area contributed by atoms with Crippen molar-refractivity contribution in [3.63, 3.8) is 0 Å². The molecule has 0 saturated carbocycles. The van der Waals surface area contributed by atoms with Gasteiger partial charge in [-0.2, -0.15) is 0 Å². The van der Waals surface area contributed by atoms with Crippen LogP contribution in [0.15, 0.2) is 30.3 Å². The van der Waals surface area contributed by atoms with Crippen LogP contribution in [0.3, 0.4) is 0 Å². The van der Waals surface area contributed by atoms with Crippen LogP contribution in [0.2, 0.25) is 0 Å². The van der Waals surface area contributed by atoms with Gasteiger partial charge >= 0.3 is 0 Å². The summed E-state index contributed by atoms with van der Waals surface area (Å²) in [6.07, 6.45) is 1.92. The van der Waals surface area contributed by atoms with Gasteiger partial charge in [0.15, 0.2) is 0 Å². The van der Waals surface area contributed by atoms with Crippen molar-refractivity contribution in [2.24, 2.45) is 5.92 Å². The zero-order chi connectivity index (χ0) is 14.3. The summed E-state index contributed by atoms with van der Waals surface area (Å²) in [6, 6.07) is 10.4. The van der Waals surface area contributed by atoms with Crippen LogP contribution in [0, 0.1) is 5.92 Å². The van der Waals surface area contributed by atoms with E-state index in [1.807, 2.05) is 20.0 Å². The summed E-state index contributed by atoms with van der Waals surface area (Å²) in [5, 5.41) is 6.16. The van der Waals surface area contributed by atoms with Gasteiger partial charge in [0.05, 0.1) is 0 Å². The summed E-state index contributed by atoms with van der Waals surface area (Å²) >= 11 is 0. The molecule has 0 aliphatic rings. The highest BCUT2D eigenvalue weighted by molar-refractivity contribution is 5.79. The van der Waals surface area contributed by atoms with Crippen LogP contribution >= 0.6 is 0 Å². The molecule has 0 fully saturated rings. The van der Waals surface area contributed by atoms with Crippen LogP contribution in [-0.2, 0) is 11.2 Å². The zero-order valence-electron chi connectivity index (χ0n) is 12.5. The van der Waals surface area contributed by atoms with Crippen LogP contribution < -0.4 is 10.6 Å². The molecule has 1 unspecified atom stereocenters. The lowest BCUT2D eigenvalue weighted by Crippen LogP contribution is -2.47. The Balaban J connectivity index is 2.45. The van der Waals surface area contributed by atoms with E-state index in [9.17, 15) is 4.79 Å². The first-order valence-corrected chi connectivity index (χ1v) is 6.95. The molecule has 2 N–H and O–H groups in total. The molecular weight excluding hydrogens is 236 g/mol. The molecule has 19 heavy (non-hydrogen) atoms. The third-order valence-corrected chi connectivity index (χ3v) is 3.30. The van der Waals surface area contributed by atoms with Crippen molar-refractivity contribution in [1.29, 1.82) is 0 Å². The number of hydrogen-bond acceptors (Lipinski definition) is 2. The van der Waals surface area contributed by atoms with Crippen molar-refractivity contribution < 1.29 is 4.79 Å². The molecule has 1 aromatic rings. The van der Waals surface area contributed by atoms with Crippen LogP contribution in [-0.4, -0.2) is 25.0 Å². The molecule has 3 nitrogen and oxygen atoms in total. The first-order valence-electron chi connectivity index (χ1n) is 6.95. The maximum absolute atomic E-state index is 12.0. The molecule has 0 heterocycles. The first-order chi connectivity index (χ1) is 8.94. The molecule has 0 radical (unpaired) electrons. The fourth-order valence-corrected chi connectivity index (χ4v) is 2.02. The van der Waals surface area contributed by atoms with E-state index in [1.165, 1.54) is 5.56 Å². The van der Waals surface area contributed by atoms with Crippen LogP contribution in [0.1, 0.15) is 32.8 Å². The molecule has 0 aromatic heterocycles. The van der Waals surface area contributed by atoms with Crippen molar-refractivity contribution in [3.8, 4) is 0 Å². The second-order valence-corrected chi connectivity index (χ2v) is 5.82. The highest BCUT2D eigenvalue weighted by Crippen LogP contribution is 2.14. The van der Waals surface area contributed by atoms with E-state index >= 15 is 0 Å². The standard InChI is InChI=1S/C16H26N2O/c1-13(12-17-4)15(19)18-16(2,3)11-10-14-8-6-5-7-9-14/h5-9,13,17H,10-12H2,1-4H3,(H,18,19). The van der Waals surface area contributed by atoms with Gasteiger partial charge < -0.3 is 10.6 Å². The normalized spacial score (nSPS) is 13.1. The summed E-state index contributed by atoms with van der Waals surface area (Å²) in [6.45, 7) is 6.82. The molecule has 0 aliphatic heterocycles. The van der Waals surface area contributed by atoms with Crippen molar-refractivity contribution in [2.75, 3.05) is 13.6 Å². The summed E-state index contributed by atoms with van der Waals surface area (Å²) in [4.78, 5) is 12.0. The monoisotopic (exact) mass is 262 g/mol. The highest BCUT2D eigenvalue weighted by Gasteiger charge is 2.22. The minimum atomic E-state index is -0.172. The summed E-state index contributed by atoms with van der Waals surface area (Å²) < 4.78 is 0. The van der Waals surface area contributed by atoms with Gasteiger partial charge in [0.1, 0.15) is 0 Å². The predicted molar refractivity (Wildman–Crippen MR) is 80.1 cm³/mol.